The Labute approximate surface area is 172 Å². The lowest BCUT2D eigenvalue weighted by molar-refractivity contribution is -0.117. The lowest BCUT2D eigenvalue weighted by Crippen LogP contribution is -2.36. The van der Waals surface area contributed by atoms with Gasteiger partial charge in [-0.05, 0) is 73.7 Å². The second-order valence-electron chi connectivity index (χ2n) is 7.57. The van der Waals surface area contributed by atoms with E-state index in [-0.39, 0.29) is 17.5 Å². The third-order valence-corrected chi connectivity index (χ3v) is 5.19. The molecule has 0 aliphatic heterocycles. The fourth-order valence-corrected chi connectivity index (χ4v) is 3.75. The zero-order valence-corrected chi connectivity index (χ0v) is 17.1. The van der Waals surface area contributed by atoms with Crippen molar-refractivity contribution in [1.29, 1.82) is 5.26 Å². The standard InChI is InChI=1S/C24H27N3O2/c1-17-12-19(13-18(2)23(17)29-16-22-10-6-7-11-26-22)14-20(15-25)24(28)27-21-8-4-3-5-9-21/h6-7,10-14,21H,3-5,8-9,16H2,1-2H3,(H,27,28). The summed E-state index contributed by atoms with van der Waals surface area (Å²) in [6, 6.07) is 11.8. The number of pyridine rings is 1. The van der Waals surface area contributed by atoms with Gasteiger partial charge in [0, 0.05) is 12.2 Å². The minimum atomic E-state index is -0.287. The van der Waals surface area contributed by atoms with Crippen LogP contribution in [0.2, 0.25) is 0 Å². The molecule has 3 rings (SSSR count). The summed E-state index contributed by atoms with van der Waals surface area (Å²) in [4.78, 5) is 16.8. The van der Waals surface area contributed by atoms with Gasteiger partial charge in [0.15, 0.2) is 0 Å². The molecule has 1 heterocycles. The Morgan fingerprint density at radius 1 is 1.24 bits per heavy atom. The number of carbonyl (C=O) groups excluding carboxylic acids is 1. The molecular formula is C24H27N3O2. The Bertz CT molecular complexity index is 900. The zero-order valence-electron chi connectivity index (χ0n) is 17.1. The molecule has 1 aromatic carbocycles. The van der Waals surface area contributed by atoms with Crippen LogP contribution in [-0.2, 0) is 11.4 Å². The largest absolute Gasteiger partial charge is 0.487 e. The van der Waals surface area contributed by atoms with E-state index in [1.54, 1.807) is 12.3 Å². The highest BCUT2D eigenvalue weighted by Gasteiger charge is 2.18. The first kappa shape index (κ1) is 20.6. The highest BCUT2D eigenvalue weighted by atomic mass is 16.5. The number of hydrogen-bond donors (Lipinski definition) is 1. The summed E-state index contributed by atoms with van der Waals surface area (Å²) in [6.45, 7) is 4.32. The molecule has 29 heavy (non-hydrogen) atoms. The number of ether oxygens (including phenoxy) is 1. The molecule has 0 radical (unpaired) electrons. The average Bonchev–Trinajstić information content (AvgIpc) is 2.73. The SMILES string of the molecule is Cc1cc(C=C(C#N)C(=O)NC2CCCCC2)cc(C)c1OCc1ccccn1. The van der Waals surface area contributed by atoms with E-state index in [9.17, 15) is 10.1 Å². The van der Waals surface area contributed by atoms with Gasteiger partial charge in [-0.1, -0.05) is 25.3 Å². The fraction of sp³-hybridized carbons (Fsp3) is 0.375. The van der Waals surface area contributed by atoms with Gasteiger partial charge in [0.25, 0.3) is 5.91 Å². The van der Waals surface area contributed by atoms with E-state index in [4.69, 9.17) is 4.74 Å². The van der Waals surface area contributed by atoms with Crippen LogP contribution < -0.4 is 10.1 Å². The van der Waals surface area contributed by atoms with Gasteiger partial charge in [-0.2, -0.15) is 5.26 Å². The molecule has 5 nitrogen and oxygen atoms in total. The Morgan fingerprint density at radius 3 is 2.59 bits per heavy atom. The van der Waals surface area contributed by atoms with Crippen molar-refractivity contribution in [2.24, 2.45) is 0 Å². The number of carbonyl (C=O) groups is 1. The second-order valence-corrected chi connectivity index (χ2v) is 7.57. The summed E-state index contributed by atoms with van der Waals surface area (Å²) < 4.78 is 5.96. The Morgan fingerprint density at radius 2 is 1.97 bits per heavy atom. The Hall–Kier alpha value is -3.13. The number of aryl methyl sites for hydroxylation is 2. The third-order valence-electron chi connectivity index (χ3n) is 5.19. The van der Waals surface area contributed by atoms with Crippen LogP contribution in [0, 0.1) is 25.2 Å². The maximum atomic E-state index is 12.5. The molecule has 1 fully saturated rings. The summed E-state index contributed by atoms with van der Waals surface area (Å²) in [6.07, 6.45) is 8.87. The molecule has 1 amide bonds. The molecule has 1 saturated carbocycles. The number of nitriles is 1. The molecule has 1 aliphatic rings. The molecular weight excluding hydrogens is 362 g/mol. The lowest BCUT2D eigenvalue weighted by atomic mass is 9.95. The van der Waals surface area contributed by atoms with E-state index in [1.165, 1.54) is 6.42 Å². The van der Waals surface area contributed by atoms with E-state index in [0.717, 1.165) is 53.8 Å². The normalized spacial score (nSPS) is 14.9. The van der Waals surface area contributed by atoms with Crippen molar-refractivity contribution >= 4 is 12.0 Å². The maximum absolute atomic E-state index is 12.5. The molecule has 0 unspecified atom stereocenters. The summed E-state index contributed by atoms with van der Waals surface area (Å²) in [7, 11) is 0. The summed E-state index contributed by atoms with van der Waals surface area (Å²) in [5, 5.41) is 12.5. The number of amides is 1. The maximum Gasteiger partial charge on any atom is 0.262 e. The number of nitrogens with zero attached hydrogens (tertiary/aromatic N) is 2. The van der Waals surface area contributed by atoms with Crippen LogP contribution >= 0.6 is 0 Å². The van der Waals surface area contributed by atoms with Gasteiger partial charge in [-0.15, -0.1) is 0 Å². The van der Waals surface area contributed by atoms with E-state index in [2.05, 4.69) is 10.3 Å². The van der Waals surface area contributed by atoms with Crippen LogP contribution in [0.15, 0.2) is 42.1 Å². The van der Waals surface area contributed by atoms with Crippen molar-refractivity contribution in [3.05, 3.63) is 64.5 Å². The average molecular weight is 389 g/mol. The Balaban J connectivity index is 1.72. The van der Waals surface area contributed by atoms with Gasteiger partial charge < -0.3 is 10.1 Å². The van der Waals surface area contributed by atoms with Crippen molar-refractivity contribution in [2.45, 2.75) is 58.6 Å². The molecule has 150 valence electrons. The van der Waals surface area contributed by atoms with Crippen LogP contribution in [0.3, 0.4) is 0 Å². The van der Waals surface area contributed by atoms with Crippen LogP contribution in [0.25, 0.3) is 6.08 Å². The van der Waals surface area contributed by atoms with Crippen LogP contribution in [0.5, 0.6) is 5.75 Å². The molecule has 0 spiro atoms. The smallest absolute Gasteiger partial charge is 0.262 e. The Kier molecular flexibility index (Phi) is 7.02. The van der Waals surface area contributed by atoms with Crippen LogP contribution in [-0.4, -0.2) is 16.9 Å². The van der Waals surface area contributed by atoms with E-state index < -0.39 is 0 Å². The molecule has 1 aromatic heterocycles. The fourth-order valence-electron chi connectivity index (χ4n) is 3.75. The van der Waals surface area contributed by atoms with Gasteiger partial charge in [-0.25, -0.2) is 0 Å². The summed E-state index contributed by atoms with van der Waals surface area (Å²) in [5.41, 5.74) is 3.73. The number of aromatic nitrogens is 1. The van der Waals surface area contributed by atoms with Gasteiger partial charge in [0.05, 0.1) is 5.69 Å². The number of nitrogens with one attached hydrogen (secondary N) is 1. The van der Waals surface area contributed by atoms with Crippen molar-refractivity contribution < 1.29 is 9.53 Å². The quantitative estimate of drug-likeness (QED) is 0.577. The van der Waals surface area contributed by atoms with Gasteiger partial charge in [0.1, 0.15) is 24.0 Å². The van der Waals surface area contributed by atoms with E-state index in [0.29, 0.717) is 6.61 Å². The first-order valence-corrected chi connectivity index (χ1v) is 10.1. The minimum absolute atomic E-state index is 0.136. The minimum Gasteiger partial charge on any atom is -0.487 e. The number of rotatable bonds is 6. The van der Waals surface area contributed by atoms with Crippen LogP contribution in [0.1, 0.15) is 54.5 Å². The van der Waals surface area contributed by atoms with Crippen LogP contribution in [0.4, 0.5) is 0 Å². The predicted octanol–water partition coefficient (Wildman–Crippen LogP) is 4.63. The second kappa shape index (κ2) is 9.88. The van der Waals surface area contributed by atoms with E-state index >= 15 is 0 Å². The zero-order chi connectivity index (χ0) is 20.6. The highest BCUT2D eigenvalue weighted by Crippen LogP contribution is 2.27. The first-order chi connectivity index (χ1) is 14.1. The highest BCUT2D eigenvalue weighted by molar-refractivity contribution is 6.01. The topological polar surface area (TPSA) is 75.0 Å². The number of hydrogen-bond acceptors (Lipinski definition) is 4. The summed E-state index contributed by atoms with van der Waals surface area (Å²) in [5.74, 6) is 0.517. The molecule has 0 saturated heterocycles. The molecule has 0 atom stereocenters. The van der Waals surface area contributed by atoms with Gasteiger partial charge in [-0.3, -0.25) is 9.78 Å². The van der Waals surface area contributed by atoms with E-state index in [1.807, 2.05) is 50.2 Å². The lowest BCUT2D eigenvalue weighted by Gasteiger charge is -2.22. The first-order valence-electron chi connectivity index (χ1n) is 10.1. The monoisotopic (exact) mass is 389 g/mol. The molecule has 0 bridgehead atoms. The predicted molar refractivity (Wildman–Crippen MR) is 113 cm³/mol. The number of benzene rings is 1. The van der Waals surface area contributed by atoms with Crippen molar-refractivity contribution in [2.75, 3.05) is 0 Å². The molecule has 2 aromatic rings. The summed E-state index contributed by atoms with van der Waals surface area (Å²) >= 11 is 0. The van der Waals surface area contributed by atoms with Gasteiger partial charge in [0.2, 0.25) is 0 Å². The van der Waals surface area contributed by atoms with Gasteiger partial charge >= 0.3 is 0 Å². The van der Waals surface area contributed by atoms with Crippen molar-refractivity contribution in [3.63, 3.8) is 0 Å². The van der Waals surface area contributed by atoms with Crippen molar-refractivity contribution in [1.82, 2.24) is 10.3 Å². The van der Waals surface area contributed by atoms with Crippen molar-refractivity contribution in [3.8, 4) is 11.8 Å². The third kappa shape index (κ3) is 5.68. The molecule has 5 heteroatoms. The molecule has 1 aliphatic carbocycles. The molecule has 1 N–H and O–H groups in total.